The third-order valence-electron chi connectivity index (χ3n) is 18.2. The number of unbranched alkanes of at least 4 members (excludes halogenated alkanes) is 4. The Morgan fingerprint density at radius 1 is 0.444 bits per heavy atom. The highest BCUT2D eigenvalue weighted by Crippen LogP contribution is 2.51. The second-order valence-corrected chi connectivity index (χ2v) is 36.6. The van der Waals surface area contributed by atoms with Gasteiger partial charge in [0.15, 0.2) is 16.3 Å². The predicted molar refractivity (Wildman–Crippen MR) is 394 cm³/mol. The van der Waals surface area contributed by atoms with Crippen molar-refractivity contribution < 1.29 is 132 Å². The Hall–Kier alpha value is -8.10. The van der Waals surface area contributed by atoms with Crippen LogP contribution in [0.15, 0.2) is 165 Å². The van der Waals surface area contributed by atoms with E-state index in [0.717, 1.165) is 22.8 Å². The molecule has 0 saturated carbocycles. The average Bonchev–Trinajstić information content (AvgIpc) is 1.60. The minimum atomic E-state index is -4.65. The number of allylic oxidation sites excluding steroid dienone is 12. The van der Waals surface area contributed by atoms with E-state index in [0.29, 0.717) is 91.0 Å². The molecule has 0 saturated heterocycles. The number of carboxylic acids is 2. The van der Waals surface area contributed by atoms with Gasteiger partial charge in [-0.15, -0.1) is 25.3 Å². The van der Waals surface area contributed by atoms with Crippen molar-refractivity contribution in [2.24, 2.45) is 0 Å². The van der Waals surface area contributed by atoms with Crippen LogP contribution in [0.1, 0.15) is 142 Å². The molecule has 0 fully saturated rings. The molecule has 0 spiro atoms. The van der Waals surface area contributed by atoms with Gasteiger partial charge in [0.2, 0.25) is 11.4 Å². The van der Waals surface area contributed by atoms with E-state index in [2.05, 4.69) is 0 Å². The highest BCUT2D eigenvalue weighted by Gasteiger charge is 2.50. The zero-order valence-electron chi connectivity index (χ0n) is 59.7. The summed E-state index contributed by atoms with van der Waals surface area (Å²) in [6.07, 6.45) is 21.5. The highest BCUT2D eigenvalue weighted by molar-refractivity contribution is 7.87. The Morgan fingerprint density at radius 2 is 0.824 bits per heavy atom. The lowest BCUT2D eigenvalue weighted by Gasteiger charge is -2.27. The molecule has 592 valence electrons. The van der Waals surface area contributed by atoms with Gasteiger partial charge < -0.3 is 29.1 Å². The van der Waals surface area contributed by atoms with Gasteiger partial charge in [-0.05, 0) is 125 Å². The number of rotatable bonds is 30. The Kier molecular flexibility index (Phi) is 30.3. The summed E-state index contributed by atoms with van der Waals surface area (Å²) in [7, 11) is -33.4. The first-order chi connectivity index (χ1) is 49.6. The number of carbonyl (C=O) groups is 2. The first kappa shape index (κ1) is 90.5. The second kappa shape index (κ2) is 36.2. The zero-order chi connectivity index (χ0) is 81.7. The van der Waals surface area contributed by atoms with Crippen molar-refractivity contribution in [1.82, 2.24) is 0 Å². The number of nitrogens with zero attached hydrogens (tertiary/aromatic N) is 4. The van der Waals surface area contributed by atoms with Crippen molar-refractivity contribution in [1.29, 1.82) is 0 Å². The van der Waals surface area contributed by atoms with Crippen LogP contribution < -0.4 is 9.80 Å². The maximum Gasteiger partial charge on any atom is 0.425 e. The fourth-order valence-corrected chi connectivity index (χ4v) is 17.0. The molecule has 8 rings (SSSR count). The molecule has 4 aromatic rings. The topological polar surface area (TPSA) is 521 Å². The highest BCUT2D eigenvalue weighted by atomic mass is 32.2. The number of carboxylic acid groups (broad SMARTS) is 2. The van der Waals surface area contributed by atoms with E-state index in [1.165, 1.54) is 48.5 Å². The third kappa shape index (κ3) is 24.0. The Balaban J connectivity index is 0.000000352. The Morgan fingerprint density at radius 3 is 1.20 bits per heavy atom. The van der Waals surface area contributed by atoms with Crippen LogP contribution in [0.2, 0.25) is 0 Å². The molecule has 4 heterocycles. The van der Waals surface area contributed by atoms with Crippen LogP contribution in [0, 0.1) is 0 Å². The SMILES string of the molecule is CC1(C)C(/C=C/C=C/C=C2/N(CCCCCC(=O)O)c3ccc(S(=O)(=O)O)cc3C2(C)C)=[N+](CCCS(=O)(=O)[O-])c2c1cccc2S(=O)(=O)O.CC1(C)C(/C=C/C=C/C=C2/N(CCCCCC(=O)O)c3ccc(S(=O)(=O)O)cc3C2(C)C)=[N+](CCCS(=O)(=O)[O-])c2cccc(S(=O)(=O)O)c21.O=S(=O)=O.O=S(=O)=O. The molecular formula is C68H84N4O28S8. The van der Waals surface area contributed by atoms with Crippen molar-refractivity contribution >= 4 is 128 Å². The van der Waals surface area contributed by atoms with E-state index in [9.17, 15) is 87.4 Å². The first-order valence-corrected chi connectivity index (χ1v) is 43.8. The molecule has 4 aliphatic heterocycles. The average molecular weight is 1660 g/mol. The summed E-state index contributed by atoms with van der Waals surface area (Å²) < 4.78 is 259. The molecule has 0 aliphatic carbocycles. The Labute approximate surface area is 631 Å². The quantitative estimate of drug-likeness (QED) is 0.0125. The lowest BCUT2D eigenvalue weighted by Crippen LogP contribution is -2.29. The summed E-state index contributed by atoms with van der Waals surface area (Å²) in [6.45, 7) is 16.2. The van der Waals surface area contributed by atoms with Gasteiger partial charge >= 0.3 is 43.3 Å². The van der Waals surface area contributed by atoms with Gasteiger partial charge in [0.25, 0.3) is 30.4 Å². The van der Waals surface area contributed by atoms with Crippen molar-refractivity contribution in [2.45, 2.75) is 161 Å². The maximum absolute atomic E-state index is 12.3. The van der Waals surface area contributed by atoms with Crippen LogP contribution in [0.3, 0.4) is 0 Å². The van der Waals surface area contributed by atoms with Crippen LogP contribution >= 0.6 is 0 Å². The number of hydrogen-bond donors (Lipinski definition) is 6. The van der Waals surface area contributed by atoms with E-state index < -0.39 is 127 Å². The Bertz CT molecular complexity index is 5350. The smallest absolute Gasteiger partial charge is 0.425 e. The molecule has 4 aromatic carbocycles. The molecule has 0 amide bonds. The molecule has 108 heavy (non-hydrogen) atoms. The van der Waals surface area contributed by atoms with E-state index in [-0.39, 0.29) is 64.0 Å². The van der Waals surface area contributed by atoms with Gasteiger partial charge in [0, 0.05) is 108 Å². The van der Waals surface area contributed by atoms with Crippen molar-refractivity contribution in [2.75, 3.05) is 47.5 Å². The number of hydrogen-bond acceptors (Lipinski definition) is 24. The number of aliphatic carboxylic acids is 2. The zero-order valence-corrected chi connectivity index (χ0v) is 66.3. The lowest BCUT2D eigenvalue weighted by molar-refractivity contribution is -0.440. The van der Waals surface area contributed by atoms with Crippen molar-refractivity contribution in [3.8, 4) is 0 Å². The first-order valence-electron chi connectivity index (χ1n) is 32.9. The molecule has 0 atom stereocenters. The van der Waals surface area contributed by atoms with Crippen LogP contribution in [-0.2, 0) is 113 Å². The van der Waals surface area contributed by atoms with Gasteiger partial charge in [-0.1, -0.05) is 95.2 Å². The van der Waals surface area contributed by atoms with Gasteiger partial charge in [-0.3, -0.25) is 27.8 Å². The maximum atomic E-state index is 12.3. The minimum absolute atomic E-state index is 0.00269. The van der Waals surface area contributed by atoms with Crippen LogP contribution in [0.5, 0.6) is 0 Å². The van der Waals surface area contributed by atoms with Gasteiger partial charge in [-0.25, -0.2) is 16.8 Å². The largest absolute Gasteiger partial charge is 0.748 e. The molecule has 0 bridgehead atoms. The summed E-state index contributed by atoms with van der Waals surface area (Å²) in [5, 5.41) is 18.0. The van der Waals surface area contributed by atoms with Gasteiger partial charge in [0.1, 0.15) is 18.0 Å². The van der Waals surface area contributed by atoms with Crippen molar-refractivity contribution in [3.05, 3.63) is 167 Å². The third-order valence-corrected chi connectivity index (χ3v) is 23.2. The van der Waals surface area contributed by atoms with Crippen LogP contribution in [0.4, 0.5) is 22.7 Å². The molecule has 0 radical (unpaired) electrons. The molecule has 6 N–H and O–H groups in total. The normalized spacial score (nSPS) is 17.2. The molecule has 4 aliphatic rings. The number of fused-ring (bicyclic) bond motifs is 4. The fraction of sp³-hybridized carbons (Fsp3) is 0.412. The number of anilines is 2. The fourth-order valence-electron chi connectivity index (χ4n) is 13.4. The number of para-hydroxylation sites is 1. The van der Waals surface area contributed by atoms with E-state index in [1.807, 2.05) is 63.5 Å². The van der Waals surface area contributed by atoms with Crippen LogP contribution in [-0.4, -0.2) is 183 Å². The molecule has 0 aromatic heterocycles. The monoisotopic (exact) mass is 1660 g/mol. The summed E-state index contributed by atoms with van der Waals surface area (Å²) in [5.74, 6) is -3.00. The molecular weight excluding hydrogens is 1580 g/mol. The molecule has 32 nitrogen and oxygen atoms in total. The molecule has 40 heteroatoms. The summed E-state index contributed by atoms with van der Waals surface area (Å²) in [5.41, 5.74) is 4.34. The predicted octanol–water partition coefficient (Wildman–Crippen LogP) is 7.85. The summed E-state index contributed by atoms with van der Waals surface area (Å²) >= 11 is 0. The lowest BCUT2D eigenvalue weighted by atomic mass is 9.81. The van der Waals surface area contributed by atoms with E-state index in [4.69, 9.17) is 35.5 Å². The second-order valence-electron chi connectivity index (χ2n) is 27.1. The summed E-state index contributed by atoms with van der Waals surface area (Å²) in [6, 6.07) is 17.8. The van der Waals surface area contributed by atoms with Gasteiger partial charge in [-0.2, -0.15) is 42.8 Å². The standard InChI is InChI=1S/2C34H42N2O11S3.2O3S/c1-33(2)25-23-24(49(42,43)44)18-19-26(25)35(20-10-6-9-17-31(37)38)29(33)15-7-5-8-16-30-34(3,4)32-27(13-11-14-28(32)50(45,46)47)36(30)21-12-22-48(39,40)41;1-33(2)25-13-11-14-28(50(45,46)47)32(25)36(21-12-22-48(39,40)41)30(33)16-8-5-7-15-29-34(3,4)26-23-24(49(42,43)44)18-19-27(26)35(29)20-10-6-9-17-31(37)38;2*1-4(2)3/h2*5,7-8,11,13-16,18-19,23H,6,9-10,12,17,20-22H2,1-4H3,(H3-,37,38,39,40,41,42,43,44,45,46,47);;. The van der Waals surface area contributed by atoms with Gasteiger partial charge in [0.05, 0.1) is 46.4 Å². The summed E-state index contributed by atoms with van der Waals surface area (Å²) in [4.78, 5) is 25.0. The van der Waals surface area contributed by atoms with Crippen molar-refractivity contribution in [3.63, 3.8) is 0 Å². The van der Waals surface area contributed by atoms with Crippen LogP contribution in [0.25, 0.3) is 0 Å². The number of benzene rings is 4. The van der Waals surface area contributed by atoms with E-state index >= 15 is 0 Å². The van der Waals surface area contributed by atoms with E-state index in [1.54, 1.807) is 95.9 Å². The molecule has 0 unspecified atom stereocenters. The minimum Gasteiger partial charge on any atom is -0.748 e.